The number of non-ortho nitro benzene ring substituents is 1. The fourth-order valence-corrected chi connectivity index (χ4v) is 11.4. The maximum absolute atomic E-state index is 15.4. The molecule has 6 unspecified atom stereocenters. The maximum atomic E-state index is 15.4. The molecule has 1 amide bonds. The van der Waals surface area contributed by atoms with Gasteiger partial charge in [-0.25, -0.2) is 0 Å². The van der Waals surface area contributed by atoms with Crippen LogP contribution >= 0.6 is 0 Å². The minimum Gasteiger partial charge on any atom is -0.459 e. The molecule has 0 bridgehead atoms. The minimum atomic E-state index is -1.42. The average molecular weight is 958 g/mol. The van der Waals surface area contributed by atoms with E-state index in [1.165, 1.54) is 50.7 Å². The van der Waals surface area contributed by atoms with Crippen molar-refractivity contribution in [2.75, 3.05) is 26.4 Å². The number of amides is 1. The third-order valence-corrected chi connectivity index (χ3v) is 14.6. The number of benzene rings is 4. The Labute approximate surface area is 414 Å². The zero-order valence-corrected chi connectivity index (χ0v) is 41.5. The fourth-order valence-electron chi connectivity index (χ4n) is 11.4. The molecule has 0 aromatic heterocycles. The highest BCUT2D eigenvalue weighted by Gasteiger charge is 2.65. The summed E-state index contributed by atoms with van der Waals surface area (Å²) >= 11 is 0. The Hall–Kier alpha value is -5.56. The molecule has 70 heavy (non-hydrogen) atoms. The van der Waals surface area contributed by atoms with Crippen LogP contribution in [0.15, 0.2) is 114 Å². The molecule has 0 radical (unpaired) electrons. The largest absolute Gasteiger partial charge is 0.459 e. The number of carbonyl (C=O) groups is 1. The van der Waals surface area contributed by atoms with E-state index in [0.29, 0.717) is 56.1 Å². The van der Waals surface area contributed by atoms with Gasteiger partial charge in [-0.15, -0.1) is 6.58 Å². The molecule has 12 nitrogen and oxygen atoms in total. The van der Waals surface area contributed by atoms with Crippen molar-refractivity contribution in [3.63, 3.8) is 0 Å². The van der Waals surface area contributed by atoms with E-state index in [1.54, 1.807) is 18.2 Å². The predicted molar refractivity (Wildman–Crippen MR) is 276 cm³/mol. The van der Waals surface area contributed by atoms with Gasteiger partial charge in [0.25, 0.3) is 5.69 Å². The molecule has 7 rings (SSSR count). The molecule has 376 valence electrons. The van der Waals surface area contributed by atoms with Crippen LogP contribution in [0.4, 0.5) is 5.69 Å². The summed E-state index contributed by atoms with van der Waals surface area (Å²) in [5.41, 5.74) is 3.55. The number of oxime groups is 1. The van der Waals surface area contributed by atoms with Crippen LogP contribution in [0.5, 0.6) is 17.2 Å². The molecule has 2 aliphatic carbocycles. The monoisotopic (exact) mass is 958 g/mol. The topological polar surface area (TPSA) is 153 Å². The molecule has 0 spiro atoms. The van der Waals surface area contributed by atoms with E-state index in [0.717, 1.165) is 78.1 Å². The Bertz CT molecular complexity index is 2410. The number of carbonyl (C=O) groups excluding carboxylic acids is 1. The van der Waals surface area contributed by atoms with Gasteiger partial charge in [0.05, 0.1) is 29.2 Å². The van der Waals surface area contributed by atoms with Crippen LogP contribution in [0.25, 0.3) is 10.8 Å². The van der Waals surface area contributed by atoms with E-state index >= 15 is 4.79 Å². The first kappa shape index (κ1) is 52.3. The molecule has 2 N–H and O–H groups in total. The Kier molecular flexibility index (Phi) is 19.5. The van der Waals surface area contributed by atoms with Gasteiger partial charge in [-0.2, -0.15) is 0 Å². The van der Waals surface area contributed by atoms with Crippen molar-refractivity contribution in [3.05, 3.63) is 130 Å². The number of ether oxygens (including phenoxy) is 3. The van der Waals surface area contributed by atoms with Crippen molar-refractivity contribution in [3.8, 4) is 17.2 Å². The van der Waals surface area contributed by atoms with Gasteiger partial charge in [0.2, 0.25) is 11.7 Å². The van der Waals surface area contributed by atoms with Crippen LogP contribution < -0.4 is 9.47 Å². The second kappa shape index (κ2) is 26.1. The molecule has 1 fully saturated rings. The minimum absolute atomic E-state index is 0.0118. The van der Waals surface area contributed by atoms with Crippen molar-refractivity contribution in [2.24, 2.45) is 22.9 Å². The number of aliphatic hydroxyl groups is 2. The number of nitro groups is 1. The third kappa shape index (κ3) is 12.5. The summed E-state index contributed by atoms with van der Waals surface area (Å²) in [5, 5.41) is 38.9. The maximum Gasteiger partial charge on any atom is 0.273 e. The predicted octanol–water partition coefficient (Wildman–Crippen LogP) is 13.1. The van der Waals surface area contributed by atoms with Crippen LogP contribution in [0.3, 0.4) is 0 Å². The van der Waals surface area contributed by atoms with Crippen LogP contribution in [-0.4, -0.2) is 69.9 Å². The molecule has 1 aliphatic heterocycles. The van der Waals surface area contributed by atoms with E-state index in [1.807, 2.05) is 42.2 Å². The van der Waals surface area contributed by atoms with Gasteiger partial charge < -0.3 is 34.2 Å². The first-order valence-corrected chi connectivity index (χ1v) is 26.2. The van der Waals surface area contributed by atoms with Crippen molar-refractivity contribution in [2.45, 2.75) is 147 Å². The fraction of sp³-hybridized carbons (Fsp3) is 0.517. The first-order valence-electron chi connectivity index (χ1n) is 26.2. The molecule has 1 heterocycles. The Balaban J connectivity index is 1.39. The van der Waals surface area contributed by atoms with Crippen LogP contribution in [-0.2, 0) is 20.9 Å². The summed E-state index contributed by atoms with van der Waals surface area (Å²) in [4.78, 5) is 34.8. The molecule has 12 heteroatoms. The molecular formula is C58H75N3O9. The van der Waals surface area contributed by atoms with E-state index in [-0.39, 0.29) is 49.2 Å². The molecule has 4 aromatic carbocycles. The molecular weight excluding hydrogens is 883 g/mol. The van der Waals surface area contributed by atoms with Gasteiger partial charge in [-0.1, -0.05) is 137 Å². The summed E-state index contributed by atoms with van der Waals surface area (Å²) in [5.74, 6) is -0.661. The average Bonchev–Trinajstić information content (AvgIpc) is 3.37. The lowest BCUT2D eigenvalue weighted by Crippen LogP contribution is -2.70. The van der Waals surface area contributed by atoms with E-state index < -0.39 is 22.7 Å². The highest BCUT2D eigenvalue weighted by molar-refractivity contribution is 6.03. The normalized spacial score (nSPS) is 21.9. The van der Waals surface area contributed by atoms with Gasteiger partial charge in [0.15, 0.2) is 0 Å². The highest BCUT2D eigenvalue weighted by atomic mass is 16.7. The quantitative estimate of drug-likeness (QED) is 0.0234. The summed E-state index contributed by atoms with van der Waals surface area (Å²) in [6.45, 7) is 9.25. The number of hydrogen-bond donors (Lipinski definition) is 2. The zero-order chi connectivity index (χ0) is 49.3. The number of allylic oxidation sites excluding steroid dienone is 1. The number of hydrogen-bond acceptors (Lipinski definition) is 10. The molecule has 0 saturated heterocycles. The Morgan fingerprint density at radius 1 is 0.871 bits per heavy atom. The number of nitrogens with zero attached hydrogens (tertiary/aromatic N) is 3. The van der Waals surface area contributed by atoms with Gasteiger partial charge in [-0.05, 0) is 97.0 Å². The molecule has 4 aromatic rings. The standard InChI is InChI=1S/C58H75N3O9/c1-4-7-8-9-10-11-12-13-14-31-55(64)60(41-44-26-21-25-42-23-15-16-29-48(42)44)54-40-52(59-68-6-3)50-37-43(24-17-19-34-62)49(30-18-20-35-63)56-51-39-47(69-46-28-22-27-45(38-46)61(65)66)32-33-53(51)70-58(54,57(50)56)67-36-5-2/h5,15-16,21-23,25-29,32-33,37-39,43,49,54,56-57,62-63H,2,4,6-14,17-20,24,30-31,34-36,40-41H2,1,3H3. The Morgan fingerprint density at radius 3 is 2.33 bits per heavy atom. The molecule has 6 atom stereocenters. The number of rotatable bonds is 29. The summed E-state index contributed by atoms with van der Waals surface area (Å²) in [6, 6.07) is 25.8. The second-order valence-electron chi connectivity index (χ2n) is 19.3. The van der Waals surface area contributed by atoms with E-state index in [2.05, 4.69) is 49.9 Å². The summed E-state index contributed by atoms with van der Waals surface area (Å²) in [6.07, 6.45) is 19.5. The molecule has 1 saturated carbocycles. The lowest BCUT2D eigenvalue weighted by atomic mass is 9.55. The number of unbranched alkanes of at least 4 members (excludes halogenated alkanes) is 10. The van der Waals surface area contributed by atoms with Crippen LogP contribution in [0, 0.1) is 27.9 Å². The third-order valence-electron chi connectivity index (χ3n) is 14.6. The van der Waals surface area contributed by atoms with Crippen molar-refractivity contribution in [1.82, 2.24) is 4.90 Å². The van der Waals surface area contributed by atoms with E-state index in [9.17, 15) is 20.3 Å². The summed E-state index contributed by atoms with van der Waals surface area (Å²) < 4.78 is 21.2. The van der Waals surface area contributed by atoms with E-state index in [4.69, 9.17) is 24.2 Å². The van der Waals surface area contributed by atoms with Crippen LogP contribution in [0.1, 0.15) is 140 Å². The number of aliphatic hydroxyl groups excluding tert-OH is 2. The van der Waals surface area contributed by atoms with Crippen molar-refractivity contribution >= 4 is 28.1 Å². The van der Waals surface area contributed by atoms with Crippen molar-refractivity contribution in [1.29, 1.82) is 0 Å². The van der Waals surface area contributed by atoms with Gasteiger partial charge in [0.1, 0.15) is 29.9 Å². The lowest BCUT2D eigenvalue weighted by molar-refractivity contribution is -0.384. The second-order valence-corrected chi connectivity index (χ2v) is 19.3. The van der Waals surface area contributed by atoms with Crippen LogP contribution in [0.2, 0.25) is 0 Å². The van der Waals surface area contributed by atoms with Crippen molar-refractivity contribution < 1.29 is 39.0 Å². The van der Waals surface area contributed by atoms with Gasteiger partial charge >= 0.3 is 0 Å². The number of nitro benzene ring substituents is 1. The highest BCUT2D eigenvalue weighted by Crippen LogP contribution is 2.62. The number of fused-ring (bicyclic) bond motifs is 3. The summed E-state index contributed by atoms with van der Waals surface area (Å²) in [7, 11) is 0. The molecule has 3 aliphatic rings. The van der Waals surface area contributed by atoms with Gasteiger partial charge in [0, 0.05) is 50.1 Å². The SMILES string of the molecule is C=CCOC12Oc3ccc(Oc4cccc([N+](=O)[O-])c4)cc3C3C(CCCCO)C(CCCCO)C=C(C(=NOCC)CC1N(Cc1cccc4ccccc14)C(=O)CCCCCCCCCCC)C32. The Morgan fingerprint density at radius 2 is 1.59 bits per heavy atom. The zero-order valence-electron chi connectivity index (χ0n) is 41.5. The van der Waals surface area contributed by atoms with Gasteiger partial charge in [-0.3, -0.25) is 14.9 Å². The smallest absolute Gasteiger partial charge is 0.273 e. The first-order chi connectivity index (χ1) is 34.3. The lowest BCUT2D eigenvalue weighted by Gasteiger charge is -2.60.